The van der Waals surface area contributed by atoms with E-state index >= 15 is 0 Å². The van der Waals surface area contributed by atoms with Crippen LogP contribution in [0.5, 0.6) is 0 Å². The molecule has 0 radical (unpaired) electrons. The Morgan fingerprint density at radius 3 is 2.66 bits per heavy atom. The number of pyridine rings is 1. The third-order valence-electron chi connectivity index (χ3n) is 8.60. The Hall–Kier alpha value is -2.53. The Balaban J connectivity index is 1.48. The molecule has 3 aliphatic rings. The standard InChI is InChI=1S/C27H30FNO3/c1-16-12-26-13-23(30)14-27(26,18(3)32-25(26)31)24(17(16)2)10-9-22-8-7-20(15-29-22)19-5-4-6-21(28)11-19/h4-11,15-18,23-24,30H,12-14H2,1-3H3/b10-9+/t16-,17+,18+,23?,24?,26+,27-/m0/s1. The average molecular weight is 436 g/mol. The highest BCUT2D eigenvalue weighted by Crippen LogP contribution is 2.71. The highest BCUT2D eigenvalue weighted by Gasteiger charge is 2.75. The van der Waals surface area contributed by atoms with Gasteiger partial charge >= 0.3 is 5.97 Å². The summed E-state index contributed by atoms with van der Waals surface area (Å²) in [5.74, 6) is 0.416. The van der Waals surface area contributed by atoms with Crippen LogP contribution >= 0.6 is 0 Å². The molecule has 1 N–H and O–H groups in total. The molecule has 2 heterocycles. The van der Waals surface area contributed by atoms with E-state index in [1.54, 1.807) is 12.3 Å². The van der Waals surface area contributed by atoms with E-state index < -0.39 is 11.5 Å². The lowest BCUT2D eigenvalue weighted by atomic mass is 9.47. The number of hydrogen-bond donors (Lipinski definition) is 1. The first kappa shape index (κ1) is 21.3. The van der Waals surface area contributed by atoms with E-state index in [4.69, 9.17) is 4.74 Å². The average Bonchev–Trinajstić information content (AvgIpc) is 3.17. The van der Waals surface area contributed by atoms with Crippen molar-refractivity contribution in [2.75, 3.05) is 0 Å². The number of carbonyl (C=O) groups excluding carboxylic acids is 1. The summed E-state index contributed by atoms with van der Waals surface area (Å²) in [5.41, 5.74) is 1.49. The molecule has 0 bridgehead atoms. The van der Waals surface area contributed by atoms with Gasteiger partial charge in [0.05, 0.1) is 17.2 Å². The zero-order valence-electron chi connectivity index (χ0n) is 18.8. The third kappa shape index (κ3) is 2.97. The molecular formula is C27H30FNO3. The molecule has 168 valence electrons. The van der Waals surface area contributed by atoms with Gasteiger partial charge in [-0.1, -0.05) is 38.1 Å². The van der Waals surface area contributed by atoms with Gasteiger partial charge in [0.25, 0.3) is 0 Å². The minimum absolute atomic E-state index is 0.106. The Kier molecular flexibility index (Phi) is 5.01. The highest BCUT2D eigenvalue weighted by molar-refractivity contribution is 5.82. The van der Waals surface area contributed by atoms with Crippen molar-refractivity contribution in [1.82, 2.24) is 4.98 Å². The minimum atomic E-state index is -0.596. The number of nitrogens with zero attached hydrogens (tertiary/aromatic N) is 1. The summed E-state index contributed by atoms with van der Waals surface area (Å²) in [4.78, 5) is 17.6. The SMILES string of the molecule is C[C@H]1C[C@]23CC(O)C[C@@]2(C(/C=C/c2ccc(-c4cccc(F)c4)cn2)[C@@H]1C)[C@@H](C)OC3=O. The largest absolute Gasteiger partial charge is 0.462 e. The van der Waals surface area contributed by atoms with E-state index in [9.17, 15) is 14.3 Å². The number of rotatable bonds is 3. The van der Waals surface area contributed by atoms with E-state index in [-0.39, 0.29) is 29.2 Å². The number of benzene rings is 1. The number of esters is 1. The van der Waals surface area contributed by atoms with Gasteiger partial charge in [0.2, 0.25) is 0 Å². The molecule has 2 aromatic rings. The molecule has 1 aliphatic heterocycles. The van der Waals surface area contributed by atoms with Gasteiger partial charge in [-0.2, -0.15) is 0 Å². The summed E-state index contributed by atoms with van der Waals surface area (Å²) in [6.07, 6.45) is 7.15. The molecule has 0 spiro atoms. The number of aliphatic hydroxyl groups is 1. The van der Waals surface area contributed by atoms with Gasteiger partial charge < -0.3 is 9.84 Å². The lowest BCUT2D eigenvalue weighted by Crippen LogP contribution is -2.54. The first-order valence-corrected chi connectivity index (χ1v) is 11.6. The lowest BCUT2D eigenvalue weighted by Gasteiger charge is -2.52. The van der Waals surface area contributed by atoms with Crippen LogP contribution in [0.1, 0.15) is 45.7 Å². The second kappa shape index (κ2) is 7.51. The van der Waals surface area contributed by atoms with Gasteiger partial charge in [0, 0.05) is 17.2 Å². The first-order valence-electron chi connectivity index (χ1n) is 11.6. The number of hydrogen-bond acceptors (Lipinski definition) is 4. The van der Waals surface area contributed by atoms with Gasteiger partial charge in [-0.15, -0.1) is 0 Å². The van der Waals surface area contributed by atoms with Gasteiger partial charge in [0.1, 0.15) is 11.9 Å². The van der Waals surface area contributed by atoms with Gasteiger partial charge in [-0.05, 0) is 73.8 Å². The molecule has 2 unspecified atom stereocenters. The van der Waals surface area contributed by atoms with E-state index in [1.807, 2.05) is 31.2 Å². The number of carbonyl (C=O) groups is 1. The molecule has 4 nitrogen and oxygen atoms in total. The molecule has 5 heteroatoms. The summed E-state index contributed by atoms with van der Waals surface area (Å²) in [5, 5.41) is 10.7. The lowest BCUT2D eigenvalue weighted by molar-refractivity contribution is -0.151. The van der Waals surface area contributed by atoms with Crippen LogP contribution in [0.25, 0.3) is 17.2 Å². The second-order valence-corrected chi connectivity index (χ2v) is 10.1. The molecule has 2 saturated carbocycles. The Morgan fingerprint density at radius 1 is 1.12 bits per heavy atom. The monoisotopic (exact) mass is 435 g/mol. The van der Waals surface area contributed by atoms with Crippen LogP contribution in [0.3, 0.4) is 0 Å². The van der Waals surface area contributed by atoms with Crippen LogP contribution < -0.4 is 0 Å². The number of allylic oxidation sites excluding steroid dienone is 1. The number of aromatic nitrogens is 1. The van der Waals surface area contributed by atoms with Crippen molar-refractivity contribution < 1.29 is 19.0 Å². The fraction of sp³-hybridized carbons (Fsp3) is 0.481. The van der Waals surface area contributed by atoms with Crippen molar-refractivity contribution in [2.24, 2.45) is 28.6 Å². The predicted octanol–water partition coefficient (Wildman–Crippen LogP) is 5.27. The molecule has 2 aliphatic carbocycles. The topological polar surface area (TPSA) is 59.4 Å². The summed E-state index contributed by atoms with van der Waals surface area (Å²) >= 11 is 0. The van der Waals surface area contributed by atoms with Crippen LogP contribution in [0.4, 0.5) is 4.39 Å². The van der Waals surface area contributed by atoms with E-state index in [1.165, 1.54) is 12.1 Å². The van der Waals surface area contributed by atoms with Crippen molar-refractivity contribution in [2.45, 2.75) is 52.2 Å². The summed E-state index contributed by atoms with van der Waals surface area (Å²) in [7, 11) is 0. The molecule has 7 atom stereocenters. The predicted molar refractivity (Wildman–Crippen MR) is 121 cm³/mol. The number of ether oxygens (including phenoxy) is 1. The molecule has 1 aromatic carbocycles. The summed E-state index contributed by atoms with van der Waals surface area (Å²) in [6.45, 7) is 6.45. The fourth-order valence-electron chi connectivity index (χ4n) is 6.99. The molecule has 1 saturated heterocycles. The van der Waals surface area contributed by atoms with Crippen molar-refractivity contribution in [3.8, 4) is 11.1 Å². The maximum Gasteiger partial charge on any atom is 0.313 e. The Labute approximate surface area is 188 Å². The fourth-order valence-corrected chi connectivity index (χ4v) is 6.99. The van der Waals surface area contributed by atoms with Crippen molar-refractivity contribution in [3.05, 3.63) is 60.2 Å². The summed E-state index contributed by atoms with van der Waals surface area (Å²) in [6, 6.07) is 10.4. The highest BCUT2D eigenvalue weighted by atomic mass is 19.1. The van der Waals surface area contributed by atoms with Crippen molar-refractivity contribution >= 4 is 12.0 Å². The van der Waals surface area contributed by atoms with Crippen LogP contribution in [0.15, 0.2) is 48.7 Å². The van der Waals surface area contributed by atoms with Crippen LogP contribution in [0, 0.1) is 34.4 Å². The minimum Gasteiger partial charge on any atom is -0.462 e. The second-order valence-electron chi connectivity index (χ2n) is 10.1. The van der Waals surface area contributed by atoms with Crippen LogP contribution in [-0.2, 0) is 9.53 Å². The Bertz CT molecular complexity index is 1070. The van der Waals surface area contributed by atoms with Gasteiger partial charge in [-0.25, -0.2) is 4.39 Å². The maximum absolute atomic E-state index is 13.5. The molecule has 1 aromatic heterocycles. The molecule has 3 fully saturated rings. The quantitative estimate of drug-likeness (QED) is 0.668. The van der Waals surface area contributed by atoms with Gasteiger partial charge in [-0.3, -0.25) is 9.78 Å². The molecule has 32 heavy (non-hydrogen) atoms. The Morgan fingerprint density at radius 2 is 1.94 bits per heavy atom. The third-order valence-corrected chi connectivity index (χ3v) is 8.60. The maximum atomic E-state index is 13.5. The molecule has 5 rings (SSSR count). The summed E-state index contributed by atoms with van der Waals surface area (Å²) < 4.78 is 19.4. The number of cyclic esters (lactones) is 1. The van der Waals surface area contributed by atoms with E-state index in [2.05, 4.69) is 24.9 Å². The molecule has 0 amide bonds. The van der Waals surface area contributed by atoms with Crippen molar-refractivity contribution in [3.63, 3.8) is 0 Å². The van der Waals surface area contributed by atoms with Gasteiger partial charge in [0.15, 0.2) is 0 Å². The zero-order chi connectivity index (χ0) is 22.7. The first-order chi connectivity index (χ1) is 15.3. The molecular weight excluding hydrogens is 405 g/mol. The smallest absolute Gasteiger partial charge is 0.313 e. The number of halogens is 1. The number of aliphatic hydroxyl groups excluding tert-OH is 1. The van der Waals surface area contributed by atoms with Crippen LogP contribution in [0.2, 0.25) is 0 Å². The van der Waals surface area contributed by atoms with Crippen LogP contribution in [-0.4, -0.2) is 28.3 Å². The zero-order valence-corrected chi connectivity index (χ0v) is 18.8. The van der Waals surface area contributed by atoms with E-state index in [0.29, 0.717) is 24.7 Å². The van der Waals surface area contributed by atoms with Crippen molar-refractivity contribution in [1.29, 1.82) is 0 Å². The normalized spacial score (nSPS) is 38.5. The van der Waals surface area contributed by atoms with E-state index in [0.717, 1.165) is 23.2 Å².